The summed E-state index contributed by atoms with van der Waals surface area (Å²) in [5.41, 5.74) is 0. The molecule has 0 aromatic carbocycles. The third kappa shape index (κ3) is 2.42. The molecule has 2 aliphatic heterocycles. The Kier molecular flexibility index (Phi) is 3.58. The predicted octanol–water partition coefficient (Wildman–Crippen LogP) is 1.10. The molecule has 0 spiro atoms. The highest BCUT2D eigenvalue weighted by Gasteiger charge is 2.35. The maximum Gasteiger partial charge on any atom is 0.405 e. The van der Waals surface area contributed by atoms with Crippen LogP contribution < -0.4 is 5.32 Å². The molecular weight excluding hydrogens is 228 g/mol. The van der Waals surface area contributed by atoms with E-state index in [2.05, 4.69) is 5.32 Å². The smallest absolute Gasteiger partial charge is 0.405 e. The maximum atomic E-state index is 12.1. The van der Waals surface area contributed by atoms with Crippen molar-refractivity contribution in [2.24, 2.45) is 0 Å². The van der Waals surface area contributed by atoms with Crippen LogP contribution in [-0.2, 0) is 4.79 Å². The quantitative estimate of drug-likeness (QED) is 0.724. The zero-order chi connectivity index (χ0) is 11.5. The van der Waals surface area contributed by atoms with E-state index in [1.54, 1.807) is 11.8 Å². The average Bonchev–Trinajstić information content (AvgIpc) is 2.40. The van der Waals surface area contributed by atoms with E-state index < -0.39 is 12.1 Å². The molecule has 0 radical (unpaired) electrons. The highest BCUT2D eigenvalue weighted by molar-refractivity contribution is 7.99. The highest BCUT2D eigenvalue weighted by Crippen LogP contribution is 2.30. The van der Waals surface area contributed by atoms with Gasteiger partial charge in [0.25, 0.3) is 0 Å². The SMILES string of the molecule is O=C(O)NC1CCS[C@H]2CCCCN2C1=O. The van der Waals surface area contributed by atoms with Crippen LogP contribution in [0.1, 0.15) is 25.7 Å². The van der Waals surface area contributed by atoms with Crippen LogP contribution in [-0.4, -0.2) is 45.7 Å². The largest absolute Gasteiger partial charge is 0.465 e. The third-order valence-corrected chi connectivity index (χ3v) is 4.39. The summed E-state index contributed by atoms with van der Waals surface area (Å²) in [5.74, 6) is 0.801. The van der Waals surface area contributed by atoms with Gasteiger partial charge in [0, 0.05) is 6.54 Å². The lowest BCUT2D eigenvalue weighted by molar-refractivity contribution is -0.134. The standard InChI is InChI=1S/C10H16N2O3S/c13-9-7(11-10(14)15)4-6-16-8-3-1-2-5-12(8)9/h7-8,11H,1-6H2,(H,14,15)/t7?,8-/m0/s1. The lowest BCUT2D eigenvalue weighted by Crippen LogP contribution is -2.50. The van der Waals surface area contributed by atoms with E-state index in [0.29, 0.717) is 6.42 Å². The zero-order valence-electron chi connectivity index (χ0n) is 9.02. The molecule has 0 aromatic heterocycles. The molecule has 2 saturated heterocycles. The van der Waals surface area contributed by atoms with Crippen LogP contribution in [0.5, 0.6) is 0 Å². The van der Waals surface area contributed by atoms with E-state index >= 15 is 0 Å². The van der Waals surface area contributed by atoms with Gasteiger partial charge in [-0.1, -0.05) is 0 Å². The summed E-state index contributed by atoms with van der Waals surface area (Å²) in [6, 6.07) is -0.548. The number of hydrogen-bond donors (Lipinski definition) is 2. The maximum absolute atomic E-state index is 12.1. The molecule has 2 rings (SSSR count). The van der Waals surface area contributed by atoms with Gasteiger partial charge < -0.3 is 15.3 Å². The normalized spacial score (nSPS) is 30.5. The minimum absolute atomic E-state index is 0.0444. The Balaban J connectivity index is 2.07. The monoisotopic (exact) mass is 244 g/mol. The van der Waals surface area contributed by atoms with Crippen LogP contribution in [0.15, 0.2) is 0 Å². The number of hydrogen-bond acceptors (Lipinski definition) is 3. The van der Waals surface area contributed by atoms with E-state index in [1.165, 1.54) is 6.42 Å². The molecule has 2 amide bonds. The van der Waals surface area contributed by atoms with Crippen molar-refractivity contribution in [3.05, 3.63) is 0 Å². The third-order valence-electron chi connectivity index (χ3n) is 3.04. The number of nitrogens with zero attached hydrogens (tertiary/aromatic N) is 1. The van der Waals surface area contributed by atoms with Crippen molar-refractivity contribution in [2.45, 2.75) is 37.1 Å². The summed E-state index contributed by atoms with van der Waals surface area (Å²) < 4.78 is 0. The molecule has 2 aliphatic rings. The van der Waals surface area contributed by atoms with Gasteiger partial charge in [0.2, 0.25) is 5.91 Å². The number of rotatable bonds is 1. The van der Waals surface area contributed by atoms with Crippen LogP contribution in [0.2, 0.25) is 0 Å². The molecule has 5 nitrogen and oxygen atoms in total. The summed E-state index contributed by atoms with van der Waals surface area (Å²) in [7, 11) is 0. The Morgan fingerprint density at radius 3 is 3.00 bits per heavy atom. The van der Waals surface area contributed by atoms with Gasteiger partial charge in [-0.2, -0.15) is 0 Å². The highest BCUT2D eigenvalue weighted by atomic mass is 32.2. The van der Waals surface area contributed by atoms with E-state index in [0.717, 1.165) is 25.1 Å². The Morgan fingerprint density at radius 1 is 1.44 bits per heavy atom. The van der Waals surface area contributed by atoms with Gasteiger partial charge in [-0.3, -0.25) is 4.79 Å². The minimum atomic E-state index is -1.11. The van der Waals surface area contributed by atoms with Crippen molar-refractivity contribution < 1.29 is 14.7 Å². The van der Waals surface area contributed by atoms with Crippen LogP contribution in [0.3, 0.4) is 0 Å². The Hall–Kier alpha value is -0.910. The molecule has 0 bridgehead atoms. The summed E-state index contributed by atoms with van der Waals surface area (Å²) in [5, 5.41) is 11.3. The predicted molar refractivity (Wildman–Crippen MR) is 61.4 cm³/mol. The average molecular weight is 244 g/mol. The second kappa shape index (κ2) is 4.95. The fourth-order valence-corrected chi connectivity index (χ4v) is 3.62. The molecule has 2 N–H and O–H groups in total. The molecule has 6 heteroatoms. The van der Waals surface area contributed by atoms with Gasteiger partial charge in [-0.05, 0) is 31.4 Å². The molecule has 16 heavy (non-hydrogen) atoms. The van der Waals surface area contributed by atoms with Crippen molar-refractivity contribution in [3.8, 4) is 0 Å². The fraction of sp³-hybridized carbons (Fsp3) is 0.800. The summed E-state index contributed by atoms with van der Waals surface area (Å²) >= 11 is 1.77. The molecular formula is C10H16N2O3S. The topological polar surface area (TPSA) is 69.6 Å². The number of carbonyl (C=O) groups excluding carboxylic acids is 1. The minimum Gasteiger partial charge on any atom is -0.465 e. The van der Waals surface area contributed by atoms with Gasteiger partial charge in [0.1, 0.15) is 6.04 Å². The Bertz CT molecular complexity index is 298. The molecule has 90 valence electrons. The van der Waals surface area contributed by atoms with Crippen LogP contribution in [0.4, 0.5) is 4.79 Å². The van der Waals surface area contributed by atoms with Crippen molar-refractivity contribution in [1.82, 2.24) is 10.2 Å². The first-order valence-electron chi connectivity index (χ1n) is 5.60. The Morgan fingerprint density at radius 2 is 2.25 bits per heavy atom. The van der Waals surface area contributed by atoms with Gasteiger partial charge >= 0.3 is 6.09 Å². The Labute approximate surface area is 98.6 Å². The van der Waals surface area contributed by atoms with Gasteiger partial charge in [-0.15, -0.1) is 11.8 Å². The number of fused-ring (bicyclic) bond motifs is 1. The summed E-state index contributed by atoms with van der Waals surface area (Å²) in [4.78, 5) is 24.5. The van der Waals surface area contributed by atoms with E-state index in [9.17, 15) is 9.59 Å². The number of amides is 2. The van der Waals surface area contributed by atoms with Crippen LogP contribution in [0, 0.1) is 0 Å². The molecule has 2 heterocycles. The first kappa shape index (κ1) is 11.6. The molecule has 0 aliphatic carbocycles. The number of carboxylic acid groups (broad SMARTS) is 1. The zero-order valence-corrected chi connectivity index (χ0v) is 9.83. The first-order valence-corrected chi connectivity index (χ1v) is 6.65. The van der Waals surface area contributed by atoms with E-state index in [1.807, 2.05) is 4.90 Å². The molecule has 2 atom stereocenters. The summed E-state index contributed by atoms with van der Waals surface area (Å²) in [6.45, 7) is 0.772. The van der Waals surface area contributed by atoms with Gasteiger partial charge in [-0.25, -0.2) is 4.79 Å². The van der Waals surface area contributed by atoms with Crippen LogP contribution in [0.25, 0.3) is 0 Å². The lowest BCUT2D eigenvalue weighted by Gasteiger charge is -2.34. The fourth-order valence-electron chi connectivity index (χ4n) is 2.25. The molecule has 0 aromatic rings. The van der Waals surface area contributed by atoms with E-state index in [4.69, 9.17) is 5.11 Å². The van der Waals surface area contributed by atoms with Gasteiger partial charge in [0.15, 0.2) is 0 Å². The second-order valence-corrected chi connectivity index (χ2v) is 5.43. The number of nitrogens with one attached hydrogen (secondary N) is 1. The molecule has 1 unspecified atom stereocenters. The van der Waals surface area contributed by atoms with Crippen LogP contribution >= 0.6 is 11.8 Å². The molecule has 2 fully saturated rings. The second-order valence-electron chi connectivity index (χ2n) is 4.14. The lowest BCUT2D eigenvalue weighted by atomic mass is 10.1. The summed E-state index contributed by atoms with van der Waals surface area (Å²) in [6.07, 6.45) is 2.72. The van der Waals surface area contributed by atoms with Crippen molar-refractivity contribution >= 4 is 23.8 Å². The van der Waals surface area contributed by atoms with E-state index in [-0.39, 0.29) is 11.3 Å². The molecule has 0 saturated carbocycles. The first-order chi connectivity index (χ1) is 7.68. The van der Waals surface area contributed by atoms with Crippen molar-refractivity contribution in [1.29, 1.82) is 0 Å². The van der Waals surface area contributed by atoms with Gasteiger partial charge in [0.05, 0.1) is 5.37 Å². The van der Waals surface area contributed by atoms with Crippen molar-refractivity contribution in [2.75, 3.05) is 12.3 Å². The number of carbonyl (C=O) groups is 2. The number of piperidine rings is 1. The number of thioether (sulfide) groups is 1. The van der Waals surface area contributed by atoms with Crippen molar-refractivity contribution in [3.63, 3.8) is 0 Å².